The summed E-state index contributed by atoms with van der Waals surface area (Å²) < 4.78 is 0. The van der Waals surface area contributed by atoms with Gasteiger partial charge in [0.25, 0.3) is 0 Å². The monoisotopic (exact) mass is 295 g/mol. The third-order valence-electron chi connectivity index (χ3n) is 3.67. The molecular weight excluding hydrogens is 278 g/mol. The van der Waals surface area contributed by atoms with Gasteiger partial charge >= 0.3 is 5.97 Å². The Balaban J connectivity index is 2.01. The van der Waals surface area contributed by atoms with Gasteiger partial charge < -0.3 is 10.0 Å². The highest BCUT2D eigenvalue weighted by atomic mass is 35.5. The van der Waals surface area contributed by atoms with Gasteiger partial charge in [0.2, 0.25) is 5.91 Å². The fraction of sp³-hybridized carbons (Fsp3) is 0.467. The van der Waals surface area contributed by atoms with Crippen molar-refractivity contribution in [1.29, 1.82) is 0 Å². The lowest BCUT2D eigenvalue weighted by Gasteiger charge is -2.24. The van der Waals surface area contributed by atoms with Crippen molar-refractivity contribution in [2.24, 2.45) is 5.92 Å². The molecule has 0 bridgehead atoms. The minimum absolute atomic E-state index is 0.0720. The molecule has 1 fully saturated rings. The normalized spacial score (nSPS) is 20.1. The first-order valence-electron chi connectivity index (χ1n) is 6.74. The van der Waals surface area contributed by atoms with Gasteiger partial charge in [0.05, 0.1) is 0 Å². The second-order valence-corrected chi connectivity index (χ2v) is 5.46. The first-order chi connectivity index (χ1) is 9.61. The quantitative estimate of drug-likeness (QED) is 0.818. The molecule has 0 spiro atoms. The molecule has 1 amide bonds. The third-order valence-corrected chi connectivity index (χ3v) is 4.10. The van der Waals surface area contributed by atoms with E-state index in [1.807, 2.05) is 30.3 Å². The van der Waals surface area contributed by atoms with Crippen LogP contribution in [-0.4, -0.2) is 40.3 Å². The number of benzene rings is 1. The van der Waals surface area contributed by atoms with E-state index in [0.717, 1.165) is 5.56 Å². The number of carboxylic acids is 1. The zero-order valence-electron chi connectivity index (χ0n) is 11.2. The van der Waals surface area contributed by atoms with Crippen LogP contribution in [0.4, 0.5) is 0 Å². The molecule has 5 heteroatoms. The Labute approximate surface area is 123 Å². The summed E-state index contributed by atoms with van der Waals surface area (Å²) in [5.74, 6) is -0.573. The maximum Gasteiger partial charge on any atom is 0.326 e. The van der Waals surface area contributed by atoms with Crippen LogP contribution in [0, 0.1) is 5.92 Å². The molecular formula is C15H18ClNO3. The van der Waals surface area contributed by atoms with E-state index in [0.29, 0.717) is 31.7 Å². The lowest BCUT2D eigenvalue weighted by atomic mass is 10.0. The number of rotatable bonds is 6. The standard InChI is InChI=1S/C15H18ClNO3/c16-9-12-8-14(18)17(10-12)13(15(19)20)7-6-11-4-2-1-3-5-11/h1-5,12-13H,6-10H2,(H,19,20). The van der Waals surface area contributed by atoms with Crippen molar-refractivity contribution in [3.05, 3.63) is 35.9 Å². The number of carboxylic acid groups (broad SMARTS) is 1. The maximum atomic E-state index is 11.9. The largest absolute Gasteiger partial charge is 0.480 e. The zero-order chi connectivity index (χ0) is 14.5. The highest BCUT2D eigenvalue weighted by molar-refractivity contribution is 6.18. The van der Waals surface area contributed by atoms with E-state index in [2.05, 4.69) is 0 Å². The average molecular weight is 296 g/mol. The van der Waals surface area contributed by atoms with Gasteiger partial charge in [-0.15, -0.1) is 11.6 Å². The van der Waals surface area contributed by atoms with E-state index < -0.39 is 12.0 Å². The number of nitrogens with zero attached hydrogens (tertiary/aromatic N) is 1. The lowest BCUT2D eigenvalue weighted by molar-refractivity contribution is -0.148. The number of likely N-dealkylation sites (tertiary alicyclic amines) is 1. The molecule has 1 aromatic rings. The van der Waals surface area contributed by atoms with Crippen molar-refractivity contribution in [2.75, 3.05) is 12.4 Å². The highest BCUT2D eigenvalue weighted by Crippen LogP contribution is 2.23. The number of hydrogen-bond acceptors (Lipinski definition) is 2. The number of hydrogen-bond donors (Lipinski definition) is 1. The van der Waals surface area contributed by atoms with Crippen LogP contribution < -0.4 is 0 Å². The predicted molar refractivity (Wildman–Crippen MR) is 76.7 cm³/mol. The van der Waals surface area contributed by atoms with E-state index in [1.165, 1.54) is 4.90 Å². The Kier molecular flexibility index (Phi) is 5.01. The molecule has 2 unspecified atom stereocenters. The summed E-state index contributed by atoms with van der Waals surface area (Å²) in [7, 11) is 0. The molecule has 4 nitrogen and oxygen atoms in total. The number of aryl methyl sites for hydroxylation is 1. The fourth-order valence-corrected chi connectivity index (χ4v) is 2.78. The Morgan fingerprint density at radius 1 is 1.40 bits per heavy atom. The molecule has 0 saturated carbocycles. The minimum atomic E-state index is -0.940. The molecule has 1 aliphatic rings. The maximum absolute atomic E-state index is 11.9. The molecule has 0 aliphatic carbocycles. The van der Waals surface area contributed by atoms with Gasteiger partial charge in [0.15, 0.2) is 0 Å². The van der Waals surface area contributed by atoms with Gasteiger partial charge in [-0.2, -0.15) is 0 Å². The minimum Gasteiger partial charge on any atom is -0.480 e. The summed E-state index contributed by atoms with van der Waals surface area (Å²) in [4.78, 5) is 24.8. The number of carbonyl (C=O) groups is 2. The summed E-state index contributed by atoms with van der Waals surface area (Å²) >= 11 is 5.77. The summed E-state index contributed by atoms with van der Waals surface area (Å²) in [5, 5.41) is 9.36. The molecule has 1 aliphatic heterocycles. The number of halogens is 1. The van der Waals surface area contributed by atoms with Crippen molar-refractivity contribution in [3.63, 3.8) is 0 Å². The van der Waals surface area contributed by atoms with Crippen LogP contribution in [-0.2, 0) is 16.0 Å². The van der Waals surface area contributed by atoms with Crippen molar-refractivity contribution >= 4 is 23.5 Å². The van der Waals surface area contributed by atoms with E-state index >= 15 is 0 Å². The summed E-state index contributed by atoms with van der Waals surface area (Å²) in [5.41, 5.74) is 1.08. The van der Waals surface area contributed by atoms with Gasteiger partial charge in [0.1, 0.15) is 6.04 Å². The van der Waals surface area contributed by atoms with Gasteiger partial charge in [-0.25, -0.2) is 4.79 Å². The van der Waals surface area contributed by atoms with Gasteiger partial charge in [0, 0.05) is 18.8 Å². The lowest BCUT2D eigenvalue weighted by Crippen LogP contribution is -2.42. The number of alkyl halides is 1. The molecule has 1 saturated heterocycles. The molecule has 2 rings (SSSR count). The second-order valence-electron chi connectivity index (χ2n) is 5.15. The van der Waals surface area contributed by atoms with Crippen LogP contribution in [0.25, 0.3) is 0 Å². The summed E-state index contributed by atoms with van der Waals surface area (Å²) in [6.07, 6.45) is 1.44. The number of carbonyl (C=O) groups excluding carboxylic acids is 1. The summed E-state index contributed by atoms with van der Waals surface area (Å²) in [6, 6.07) is 8.95. The highest BCUT2D eigenvalue weighted by Gasteiger charge is 2.36. The van der Waals surface area contributed by atoms with E-state index in [9.17, 15) is 14.7 Å². The first-order valence-corrected chi connectivity index (χ1v) is 7.27. The van der Waals surface area contributed by atoms with Crippen LogP contribution in [0.5, 0.6) is 0 Å². The SMILES string of the molecule is O=C(O)C(CCc1ccccc1)N1CC(CCl)CC1=O. The van der Waals surface area contributed by atoms with Crippen molar-refractivity contribution in [2.45, 2.75) is 25.3 Å². The van der Waals surface area contributed by atoms with E-state index in [-0.39, 0.29) is 11.8 Å². The van der Waals surface area contributed by atoms with Crippen molar-refractivity contribution in [1.82, 2.24) is 4.90 Å². The third kappa shape index (κ3) is 3.51. The van der Waals surface area contributed by atoms with Crippen LogP contribution in [0.15, 0.2) is 30.3 Å². The molecule has 2 atom stereocenters. The van der Waals surface area contributed by atoms with Crippen LogP contribution in [0.1, 0.15) is 18.4 Å². The van der Waals surface area contributed by atoms with Crippen molar-refractivity contribution in [3.8, 4) is 0 Å². The Bertz CT molecular complexity index is 477. The van der Waals surface area contributed by atoms with Gasteiger partial charge in [-0.3, -0.25) is 4.79 Å². The topological polar surface area (TPSA) is 57.6 Å². The molecule has 108 valence electrons. The molecule has 20 heavy (non-hydrogen) atoms. The first kappa shape index (κ1) is 14.9. The zero-order valence-corrected chi connectivity index (χ0v) is 11.9. The van der Waals surface area contributed by atoms with Gasteiger partial charge in [-0.1, -0.05) is 30.3 Å². The average Bonchev–Trinajstić information content (AvgIpc) is 2.81. The second kappa shape index (κ2) is 6.75. The summed E-state index contributed by atoms with van der Waals surface area (Å²) in [6.45, 7) is 0.452. The Morgan fingerprint density at radius 2 is 2.10 bits per heavy atom. The fourth-order valence-electron chi connectivity index (χ4n) is 2.57. The van der Waals surface area contributed by atoms with Crippen molar-refractivity contribution < 1.29 is 14.7 Å². The molecule has 0 aromatic heterocycles. The Morgan fingerprint density at radius 3 is 2.65 bits per heavy atom. The molecule has 0 radical (unpaired) electrons. The number of amides is 1. The van der Waals surface area contributed by atoms with Crippen LogP contribution in [0.2, 0.25) is 0 Å². The van der Waals surface area contributed by atoms with Crippen LogP contribution >= 0.6 is 11.6 Å². The predicted octanol–water partition coefficient (Wildman–Crippen LogP) is 2.16. The van der Waals surface area contributed by atoms with E-state index in [1.54, 1.807) is 0 Å². The molecule has 1 heterocycles. The van der Waals surface area contributed by atoms with E-state index in [4.69, 9.17) is 11.6 Å². The molecule has 1 aromatic carbocycles. The number of aliphatic carboxylic acids is 1. The Hall–Kier alpha value is -1.55. The molecule has 1 N–H and O–H groups in total. The van der Waals surface area contributed by atoms with Gasteiger partial charge in [-0.05, 0) is 24.3 Å². The smallest absolute Gasteiger partial charge is 0.326 e. The van der Waals surface area contributed by atoms with Crippen LogP contribution in [0.3, 0.4) is 0 Å².